The number of rotatable bonds is 0. The van der Waals surface area contributed by atoms with Gasteiger partial charge >= 0.3 is 0 Å². The smallest absolute Gasteiger partial charge is 0.0908 e. The van der Waals surface area contributed by atoms with Crippen molar-refractivity contribution in [1.29, 1.82) is 0 Å². The van der Waals surface area contributed by atoms with Crippen molar-refractivity contribution in [3.05, 3.63) is 34.8 Å². The Kier molecular flexibility index (Phi) is 1.76. The van der Waals surface area contributed by atoms with Crippen molar-refractivity contribution < 1.29 is 0 Å². The van der Waals surface area contributed by atoms with E-state index in [4.69, 9.17) is 0 Å². The van der Waals surface area contributed by atoms with Gasteiger partial charge in [-0.1, -0.05) is 18.2 Å². The second-order valence-electron chi connectivity index (χ2n) is 3.73. The Morgan fingerprint density at radius 3 is 2.77 bits per heavy atom. The molecule has 0 N–H and O–H groups in total. The molecule has 13 heavy (non-hydrogen) atoms. The van der Waals surface area contributed by atoms with Gasteiger partial charge in [-0.05, 0) is 19.9 Å². The van der Waals surface area contributed by atoms with E-state index in [9.17, 15) is 0 Å². The fraction of sp³-hybridized carbons (Fsp3) is 0.273. The van der Waals surface area contributed by atoms with Gasteiger partial charge in [0.2, 0.25) is 0 Å². The number of para-hydroxylation sites is 1. The van der Waals surface area contributed by atoms with Gasteiger partial charge in [0.1, 0.15) is 0 Å². The number of aliphatic imine (C=N–C) groups is 1. The summed E-state index contributed by atoms with van der Waals surface area (Å²) in [5, 5.41) is 2.11. The molecular weight excluding hydrogens is 160 g/mol. The Balaban J connectivity index is 2.77. The molecule has 0 bridgehead atoms. The number of benzene rings is 1. The van der Waals surface area contributed by atoms with E-state index in [2.05, 4.69) is 9.98 Å². The van der Waals surface area contributed by atoms with E-state index in [0.717, 1.165) is 10.6 Å². The summed E-state index contributed by atoms with van der Waals surface area (Å²) >= 11 is 0. The lowest BCUT2D eigenvalue weighted by molar-refractivity contribution is 0.695. The Morgan fingerprint density at radius 2 is 1.92 bits per heavy atom. The maximum absolute atomic E-state index is 4.59. The summed E-state index contributed by atoms with van der Waals surface area (Å²) in [6.07, 6.45) is 3.72. The van der Waals surface area contributed by atoms with Crippen LogP contribution in [0.2, 0.25) is 0 Å². The van der Waals surface area contributed by atoms with Crippen molar-refractivity contribution in [2.45, 2.75) is 19.4 Å². The molecule has 0 radical (unpaired) electrons. The second kappa shape index (κ2) is 2.80. The first-order valence-electron chi connectivity index (χ1n) is 4.37. The molecule has 0 aliphatic carbocycles. The van der Waals surface area contributed by atoms with Crippen LogP contribution in [0.25, 0.3) is 6.20 Å². The van der Waals surface area contributed by atoms with Crippen LogP contribution in [0.3, 0.4) is 0 Å². The van der Waals surface area contributed by atoms with Gasteiger partial charge < -0.3 is 0 Å². The topological polar surface area (TPSA) is 24.7 Å². The third-order valence-electron chi connectivity index (χ3n) is 1.95. The first-order valence-corrected chi connectivity index (χ1v) is 4.37. The summed E-state index contributed by atoms with van der Waals surface area (Å²) < 4.78 is 0. The van der Waals surface area contributed by atoms with E-state index in [0.29, 0.717) is 0 Å². The van der Waals surface area contributed by atoms with Crippen LogP contribution in [-0.2, 0) is 0 Å². The summed E-state index contributed by atoms with van der Waals surface area (Å²) in [5.74, 6) is 0. The lowest BCUT2D eigenvalue weighted by Gasteiger charge is -2.10. The molecule has 0 aromatic heterocycles. The first-order chi connectivity index (χ1) is 6.17. The van der Waals surface area contributed by atoms with E-state index < -0.39 is 0 Å². The van der Waals surface area contributed by atoms with E-state index >= 15 is 0 Å². The lowest BCUT2D eigenvalue weighted by Crippen LogP contribution is -2.29. The number of hydrogen-bond donors (Lipinski definition) is 0. The highest BCUT2D eigenvalue weighted by atomic mass is 14.9. The van der Waals surface area contributed by atoms with E-state index in [1.807, 2.05) is 50.5 Å². The first kappa shape index (κ1) is 8.17. The molecule has 1 aliphatic heterocycles. The van der Waals surface area contributed by atoms with Crippen molar-refractivity contribution in [2.75, 3.05) is 0 Å². The Labute approximate surface area is 77.4 Å². The van der Waals surface area contributed by atoms with Crippen LogP contribution in [0.15, 0.2) is 34.3 Å². The Bertz CT molecular complexity index is 455. The van der Waals surface area contributed by atoms with Gasteiger partial charge in [0, 0.05) is 17.6 Å². The molecule has 1 heterocycles. The summed E-state index contributed by atoms with van der Waals surface area (Å²) in [4.78, 5) is 8.81. The molecule has 0 spiro atoms. The SMILES string of the molecule is CC1(C)C=NC=c2ccccc2=N1. The van der Waals surface area contributed by atoms with Gasteiger partial charge in [0.05, 0.1) is 10.9 Å². The molecule has 0 atom stereocenters. The van der Waals surface area contributed by atoms with Crippen LogP contribution in [-0.4, -0.2) is 11.8 Å². The molecule has 2 nitrogen and oxygen atoms in total. The maximum atomic E-state index is 4.59. The Hall–Kier alpha value is -1.44. The fourth-order valence-corrected chi connectivity index (χ4v) is 1.34. The summed E-state index contributed by atoms with van der Waals surface area (Å²) in [6.45, 7) is 4.10. The standard InChI is InChI=1S/C11H12N2/c1-11(2)8-12-7-9-5-3-4-6-10(9)13-11/h3-8H,1-2H3. The normalized spacial score (nSPS) is 18.0. The van der Waals surface area contributed by atoms with E-state index in [1.165, 1.54) is 0 Å². The Morgan fingerprint density at radius 1 is 1.15 bits per heavy atom. The minimum atomic E-state index is -0.191. The number of nitrogens with zero attached hydrogens (tertiary/aromatic N) is 2. The second-order valence-corrected chi connectivity index (χ2v) is 3.73. The highest BCUT2D eigenvalue weighted by molar-refractivity contribution is 5.72. The zero-order valence-electron chi connectivity index (χ0n) is 7.86. The molecule has 0 saturated heterocycles. The predicted molar refractivity (Wildman–Crippen MR) is 54.3 cm³/mol. The minimum Gasteiger partial charge on any atom is -0.273 e. The van der Waals surface area contributed by atoms with Gasteiger partial charge in [0.25, 0.3) is 0 Å². The summed E-state index contributed by atoms with van der Waals surface area (Å²) in [6, 6.07) is 8.04. The molecule has 1 aromatic rings. The average molecular weight is 172 g/mol. The van der Waals surface area contributed by atoms with Crippen molar-refractivity contribution >= 4 is 12.4 Å². The quantitative estimate of drug-likeness (QED) is 0.555. The number of fused-ring (bicyclic) bond motifs is 1. The van der Waals surface area contributed by atoms with Crippen molar-refractivity contribution in [3.8, 4) is 0 Å². The van der Waals surface area contributed by atoms with Gasteiger partial charge in [-0.25, -0.2) is 0 Å². The minimum absolute atomic E-state index is 0.191. The van der Waals surface area contributed by atoms with E-state index in [1.54, 1.807) is 0 Å². The van der Waals surface area contributed by atoms with Crippen molar-refractivity contribution in [1.82, 2.24) is 0 Å². The molecule has 0 amide bonds. The van der Waals surface area contributed by atoms with Gasteiger partial charge in [-0.15, -0.1) is 0 Å². The van der Waals surface area contributed by atoms with Crippen LogP contribution >= 0.6 is 0 Å². The summed E-state index contributed by atoms with van der Waals surface area (Å²) in [5.41, 5.74) is -0.191. The van der Waals surface area contributed by atoms with Crippen molar-refractivity contribution in [3.63, 3.8) is 0 Å². The third-order valence-corrected chi connectivity index (χ3v) is 1.95. The molecule has 1 aromatic carbocycles. The van der Waals surface area contributed by atoms with Crippen LogP contribution in [0.4, 0.5) is 0 Å². The predicted octanol–water partition coefficient (Wildman–Crippen LogP) is 0.907. The lowest BCUT2D eigenvalue weighted by atomic mass is 10.1. The summed E-state index contributed by atoms with van der Waals surface area (Å²) in [7, 11) is 0. The largest absolute Gasteiger partial charge is 0.273 e. The fourth-order valence-electron chi connectivity index (χ4n) is 1.34. The van der Waals surface area contributed by atoms with Crippen LogP contribution in [0, 0.1) is 0 Å². The molecule has 0 unspecified atom stereocenters. The van der Waals surface area contributed by atoms with Crippen molar-refractivity contribution in [2.24, 2.45) is 9.98 Å². The van der Waals surface area contributed by atoms with Gasteiger partial charge in [-0.3, -0.25) is 9.98 Å². The molecule has 1 aliphatic rings. The molecule has 0 saturated carbocycles. The monoisotopic (exact) mass is 172 g/mol. The third kappa shape index (κ3) is 1.66. The van der Waals surface area contributed by atoms with Gasteiger partial charge in [-0.2, -0.15) is 0 Å². The average Bonchev–Trinajstić information content (AvgIpc) is 2.21. The molecule has 2 rings (SSSR count). The van der Waals surface area contributed by atoms with Crippen LogP contribution in [0.5, 0.6) is 0 Å². The molecule has 66 valence electrons. The number of hydrogen-bond acceptors (Lipinski definition) is 2. The van der Waals surface area contributed by atoms with Gasteiger partial charge in [0.15, 0.2) is 0 Å². The highest BCUT2D eigenvalue weighted by Gasteiger charge is 2.12. The van der Waals surface area contributed by atoms with Crippen LogP contribution < -0.4 is 10.6 Å². The van der Waals surface area contributed by atoms with E-state index in [-0.39, 0.29) is 5.54 Å². The maximum Gasteiger partial charge on any atom is 0.0908 e. The molecule has 0 fully saturated rings. The molecular formula is C11H12N2. The zero-order valence-corrected chi connectivity index (χ0v) is 7.86. The molecule has 2 heteroatoms. The van der Waals surface area contributed by atoms with Crippen LogP contribution in [0.1, 0.15) is 13.8 Å². The highest BCUT2D eigenvalue weighted by Crippen LogP contribution is 2.04. The zero-order chi connectivity index (χ0) is 9.31.